The topological polar surface area (TPSA) is 46.3 Å². The van der Waals surface area contributed by atoms with Crippen LogP contribution in [0.1, 0.15) is 113 Å². The van der Waals surface area contributed by atoms with Gasteiger partial charge in [-0.25, -0.2) is 18.3 Å². The van der Waals surface area contributed by atoms with Gasteiger partial charge < -0.3 is 0 Å². The average Bonchev–Trinajstić information content (AvgIpc) is 3.70. The van der Waals surface area contributed by atoms with Gasteiger partial charge in [0.2, 0.25) is 12.7 Å². The van der Waals surface area contributed by atoms with Gasteiger partial charge in [0, 0.05) is 22.3 Å². The molecule has 0 amide bonds. The summed E-state index contributed by atoms with van der Waals surface area (Å²) in [5, 5.41) is 7.91. The summed E-state index contributed by atoms with van der Waals surface area (Å²) in [4.78, 5) is 0. The van der Waals surface area contributed by atoms with Gasteiger partial charge in [-0.05, 0) is 29.7 Å². The number of nitrogens with one attached hydrogen (secondary N) is 1. The van der Waals surface area contributed by atoms with Crippen LogP contribution in [0.15, 0.2) is 79.9 Å². The van der Waals surface area contributed by atoms with Gasteiger partial charge in [-0.1, -0.05) is 91.8 Å². The minimum atomic E-state index is 0.455. The Hall–Kier alpha value is -3.93. The van der Waals surface area contributed by atoms with Gasteiger partial charge in [0.15, 0.2) is 0 Å². The van der Waals surface area contributed by atoms with E-state index in [1.807, 2.05) is 0 Å². The van der Waals surface area contributed by atoms with Gasteiger partial charge in [-0.3, -0.25) is 5.10 Å². The second-order valence-electron chi connectivity index (χ2n) is 12.6. The van der Waals surface area contributed by atoms with Crippen molar-refractivity contribution in [1.29, 1.82) is 0 Å². The maximum Gasteiger partial charge on any atom is 0.249 e. The fraction of sp³-hybridized carbons (Fsp3) is 0.400. The van der Waals surface area contributed by atoms with E-state index in [2.05, 4.69) is 164 Å². The molecule has 1 N–H and O–H groups in total. The first-order valence-electron chi connectivity index (χ1n) is 15.1. The van der Waals surface area contributed by atoms with Crippen LogP contribution in [0.4, 0.5) is 0 Å². The van der Waals surface area contributed by atoms with Crippen molar-refractivity contribution in [3.05, 3.63) is 114 Å². The minimum absolute atomic E-state index is 0.455. The lowest BCUT2D eigenvalue weighted by Crippen LogP contribution is -2.32. The number of benzene rings is 2. The van der Waals surface area contributed by atoms with Crippen molar-refractivity contribution in [1.82, 2.24) is 19.3 Å². The van der Waals surface area contributed by atoms with E-state index in [4.69, 9.17) is 0 Å². The predicted molar refractivity (Wildman–Crippen MR) is 165 cm³/mol. The normalized spacial score (nSPS) is 12.0. The molecular formula is C35H46N6+2. The fourth-order valence-corrected chi connectivity index (χ4v) is 5.81. The summed E-state index contributed by atoms with van der Waals surface area (Å²) >= 11 is 0. The van der Waals surface area contributed by atoms with Crippen LogP contribution in [0.2, 0.25) is 0 Å². The molecule has 0 saturated heterocycles. The minimum Gasteiger partial charge on any atom is -0.278 e. The van der Waals surface area contributed by atoms with Crippen LogP contribution in [0.3, 0.4) is 0 Å². The van der Waals surface area contributed by atoms with E-state index in [1.54, 1.807) is 0 Å². The largest absolute Gasteiger partial charge is 0.278 e. The first kappa shape index (κ1) is 28.6. The number of hydrogen-bond acceptors (Lipinski definition) is 1. The molecule has 5 rings (SSSR count). The lowest BCUT2D eigenvalue weighted by atomic mass is 9.92. The maximum absolute atomic E-state index is 4.65. The second-order valence-corrected chi connectivity index (χ2v) is 12.6. The molecule has 0 radical (unpaired) electrons. The third-order valence-corrected chi connectivity index (χ3v) is 7.97. The molecule has 5 aromatic rings. The van der Waals surface area contributed by atoms with Crippen molar-refractivity contribution in [2.75, 3.05) is 0 Å². The number of H-pyrrole nitrogens is 1. The number of para-hydroxylation sites is 2. The molecule has 214 valence electrons. The Morgan fingerprint density at radius 1 is 0.634 bits per heavy atom. The molecule has 3 heterocycles. The molecule has 0 aliphatic rings. The molecule has 0 saturated carbocycles. The second kappa shape index (κ2) is 11.9. The highest BCUT2D eigenvalue weighted by Crippen LogP contribution is 2.32. The Bertz CT molecular complexity index is 1440. The molecule has 41 heavy (non-hydrogen) atoms. The molecule has 6 heteroatoms. The molecule has 0 bridgehead atoms. The van der Waals surface area contributed by atoms with E-state index in [0.717, 1.165) is 24.5 Å². The van der Waals surface area contributed by atoms with Gasteiger partial charge >= 0.3 is 0 Å². The summed E-state index contributed by atoms with van der Waals surface area (Å²) in [5.74, 6) is 1.82. The van der Waals surface area contributed by atoms with Gasteiger partial charge in [-0.15, -0.1) is 0 Å². The molecule has 0 spiro atoms. The first-order valence-corrected chi connectivity index (χ1v) is 15.1. The maximum atomic E-state index is 4.65. The van der Waals surface area contributed by atoms with Crippen LogP contribution < -0.4 is 9.13 Å². The van der Waals surface area contributed by atoms with Gasteiger partial charge in [0.1, 0.15) is 54.9 Å². The molecule has 0 fully saturated rings. The average molecular weight is 551 g/mol. The Morgan fingerprint density at radius 3 is 1.46 bits per heavy atom. The van der Waals surface area contributed by atoms with Crippen LogP contribution in [0, 0.1) is 0 Å². The lowest BCUT2D eigenvalue weighted by molar-refractivity contribution is -0.688. The van der Waals surface area contributed by atoms with Gasteiger partial charge in [0.05, 0.1) is 5.69 Å². The Labute approximate surface area is 245 Å². The van der Waals surface area contributed by atoms with Crippen LogP contribution in [-0.4, -0.2) is 19.3 Å². The summed E-state index contributed by atoms with van der Waals surface area (Å²) in [6, 6.07) is 15.6. The SMILES string of the molecule is CC(C)c1cccc(C(C)C)c1-n1cc[n+](Cc2cc(C[n+]3ccn(-c4c(C(C)C)cccc4C(C)C)c3)[nH]n2)c1. The quantitative estimate of drug-likeness (QED) is 0.184. The Balaban J connectivity index is 1.34. The smallest absolute Gasteiger partial charge is 0.249 e. The Morgan fingerprint density at radius 2 is 1.05 bits per heavy atom. The summed E-state index contributed by atoms with van der Waals surface area (Å²) in [6.07, 6.45) is 13.0. The zero-order valence-corrected chi connectivity index (χ0v) is 26.0. The summed E-state index contributed by atoms with van der Waals surface area (Å²) < 4.78 is 8.98. The van der Waals surface area contributed by atoms with E-state index in [9.17, 15) is 0 Å². The number of nitrogens with zero attached hydrogens (tertiary/aromatic N) is 5. The summed E-state index contributed by atoms with van der Waals surface area (Å²) in [6.45, 7) is 19.6. The zero-order valence-electron chi connectivity index (χ0n) is 26.0. The molecule has 0 unspecified atom stereocenters. The number of hydrogen-bond donors (Lipinski definition) is 1. The van der Waals surface area contributed by atoms with Crippen LogP contribution in [-0.2, 0) is 13.1 Å². The van der Waals surface area contributed by atoms with Crippen LogP contribution in [0.5, 0.6) is 0 Å². The Kier molecular flexibility index (Phi) is 8.30. The highest BCUT2D eigenvalue weighted by Gasteiger charge is 2.22. The summed E-state index contributed by atoms with van der Waals surface area (Å²) in [7, 11) is 0. The van der Waals surface area contributed by atoms with E-state index >= 15 is 0 Å². The van der Waals surface area contributed by atoms with Crippen LogP contribution in [0.25, 0.3) is 11.4 Å². The van der Waals surface area contributed by atoms with Crippen LogP contribution >= 0.6 is 0 Å². The number of imidazole rings is 2. The lowest BCUT2D eigenvalue weighted by Gasteiger charge is -2.16. The van der Waals surface area contributed by atoms with Crippen molar-refractivity contribution in [2.45, 2.75) is 92.2 Å². The molecule has 0 aliphatic heterocycles. The standard InChI is InChI=1S/C35H46N6/c1-24(2)30-11-9-12-31(25(3)4)34(30)40-17-15-38(22-40)20-28-19-29(37-36-28)21-39-16-18-41(23-39)35-32(26(5)6)13-10-14-33(35)27(7)8/h9-19,22-27H,20-21H2,1-8H3,(H,36,37)/q+2. The van der Waals surface area contributed by atoms with Crippen molar-refractivity contribution in [3.63, 3.8) is 0 Å². The van der Waals surface area contributed by atoms with E-state index in [-0.39, 0.29) is 0 Å². The van der Waals surface area contributed by atoms with E-state index in [0.29, 0.717) is 23.7 Å². The number of aromatic nitrogens is 6. The van der Waals surface area contributed by atoms with Crippen molar-refractivity contribution < 1.29 is 9.13 Å². The third kappa shape index (κ3) is 6.07. The molecule has 2 aromatic carbocycles. The summed E-state index contributed by atoms with van der Waals surface area (Å²) in [5.41, 5.74) is 10.2. The highest BCUT2D eigenvalue weighted by atomic mass is 15.2. The number of aromatic amines is 1. The molecule has 0 atom stereocenters. The molecule has 6 nitrogen and oxygen atoms in total. The highest BCUT2D eigenvalue weighted by molar-refractivity contribution is 5.52. The van der Waals surface area contributed by atoms with E-state index < -0.39 is 0 Å². The molecule has 0 aliphatic carbocycles. The third-order valence-electron chi connectivity index (χ3n) is 7.97. The number of rotatable bonds is 10. The van der Waals surface area contributed by atoms with Crippen molar-refractivity contribution in [3.8, 4) is 11.4 Å². The van der Waals surface area contributed by atoms with E-state index in [1.165, 1.54) is 33.6 Å². The zero-order chi connectivity index (χ0) is 29.3. The van der Waals surface area contributed by atoms with Gasteiger partial charge in [0.25, 0.3) is 0 Å². The predicted octanol–water partition coefficient (Wildman–Crippen LogP) is 7.16. The van der Waals surface area contributed by atoms with Crippen molar-refractivity contribution in [2.24, 2.45) is 0 Å². The monoisotopic (exact) mass is 550 g/mol. The van der Waals surface area contributed by atoms with Crippen molar-refractivity contribution >= 4 is 0 Å². The fourth-order valence-electron chi connectivity index (χ4n) is 5.81. The molecular weight excluding hydrogens is 504 g/mol. The first-order chi connectivity index (χ1) is 19.6. The van der Waals surface area contributed by atoms with Gasteiger partial charge in [-0.2, -0.15) is 5.10 Å². The molecule has 3 aromatic heterocycles.